The van der Waals surface area contributed by atoms with E-state index in [1.165, 1.54) is 17.7 Å². The van der Waals surface area contributed by atoms with Gasteiger partial charge >= 0.3 is 0 Å². The van der Waals surface area contributed by atoms with E-state index in [1.54, 1.807) is 6.07 Å². The van der Waals surface area contributed by atoms with Gasteiger partial charge in [-0.3, -0.25) is 0 Å². The van der Waals surface area contributed by atoms with Crippen molar-refractivity contribution < 1.29 is 4.39 Å². The standard InChI is InChI=1S/C20H20ClFN4/c1-3-26(13-15-7-5-4-6-8-15)19-11-14(2)23-20(25-19)24-16-9-10-18(22)17(21)12-16/h4-12H,3,13H2,1-2H3,(H,23,24,25). The average Bonchev–Trinajstić information content (AvgIpc) is 2.63. The molecule has 3 aromatic rings. The Morgan fingerprint density at radius 1 is 1.08 bits per heavy atom. The van der Waals surface area contributed by atoms with Crippen LogP contribution in [0.5, 0.6) is 0 Å². The molecule has 0 aliphatic carbocycles. The largest absolute Gasteiger partial charge is 0.352 e. The van der Waals surface area contributed by atoms with Gasteiger partial charge in [-0.2, -0.15) is 4.98 Å². The molecule has 134 valence electrons. The minimum atomic E-state index is -0.455. The van der Waals surface area contributed by atoms with Crippen LogP contribution in [-0.4, -0.2) is 16.5 Å². The van der Waals surface area contributed by atoms with Crippen LogP contribution in [0.15, 0.2) is 54.6 Å². The van der Waals surface area contributed by atoms with Crippen LogP contribution in [0, 0.1) is 12.7 Å². The molecule has 0 fully saturated rings. The summed E-state index contributed by atoms with van der Waals surface area (Å²) in [6.07, 6.45) is 0. The fraction of sp³-hybridized carbons (Fsp3) is 0.200. The molecule has 0 aliphatic rings. The fourth-order valence-electron chi connectivity index (χ4n) is 2.63. The Kier molecular flexibility index (Phi) is 5.68. The molecule has 0 atom stereocenters. The van der Waals surface area contributed by atoms with Crippen LogP contribution in [0.1, 0.15) is 18.2 Å². The minimum absolute atomic E-state index is 0.0575. The molecule has 0 bridgehead atoms. The second kappa shape index (κ2) is 8.15. The van der Waals surface area contributed by atoms with Gasteiger partial charge in [0.15, 0.2) is 0 Å². The summed E-state index contributed by atoms with van der Waals surface area (Å²) in [5.41, 5.74) is 2.70. The summed E-state index contributed by atoms with van der Waals surface area (Å²) in [5, 5.41) is 3.15. The van der Waals surface area contributed by atoms with Crippen molar-refractivity contribution in [2.45, 2.75) is 20.4 Å². The second-order valence-corrected chi connectivity index (χ2v) is 6.35. The number of benzene rings is 2. The molecular weight excluding hydrogens is 351 g/mol. The first-order valence-corrected chi connectivity index (χ1v) is 8.79. The van der Waals surface area contributed by atoms with Gasteiger partial charge < -0.3 is 10.2 Å². The van der Waals surface area contributed by atoms with Gasteiger partial charge in [0.05, 0.1) is 5.02 Å². The zero-order chi connectivity index (χ0) is 18.5. The summed E-state index contributed by atoms with van der Waals surface area (Å²) in [4.78, 5) is 11.2. The highest BCUT2D eigenvalue weighted by Gasteiger charge is 2.11. The molecule has 0 unspecified atom stereocenters. The van der Waals surface area contributed by atoms with Crippen LogP contribution in [-0.2, 0) is 6.54 Å². The molecule has 0 saturated heterocycles. The van der Waals surface area contributed by atoms with Gasteiger partial charge in [0.2, 0.25) is 5.95 Å². The Labute approximate surface area is 157 Å². The van der Waals surface area contributed by atoms with Gasteiger partial charge in [0, 0.05) is 30.5 Å². The summed E-state index contributed by atoms with van der Waals surface area (Å²) >= 11 is 5.84. The third kappa shape index (κ3) is 4.49. The lowest BCUT2D eigenvalue weighted by atomic mass is 10.2. The van der Waals surface area contributed by atoms with E-state index in [0.717, 1.165) is 24.6 Å². The molecule has 2 aromatic carbocycles. The molecule has 0 aliphatic heterocycles. The first-order chi connectivity index (χ1) is 12.5. The van der Waals surface area contributed by atoms with Crippen LogP contribution in [0.3, 0.4) is 0 Å². The first-order valence-electron chi connectivity index (χ1n) is 8.42. The minimum Gasteiger partial charge on any atom is -0.352 e. The third-order valence-corrected chi connectivity index (χ3v) is 4.23. The molecule has 3 rings (SSSR count). The lowest BCUT2D eigenvalue weighted by Crippen LogP contribution is -2.23. The maximum Gasteiger partial charge on any atom is 0.229 e. The molecule has 0 amide bonds. The van der Waals surface area contributed by atoms with Crippen LogP contribution < -0.4 is 10.2 Å². The SMILES string of the molecule is CCN(Cc1ccccc1)c1cc(C)nc(Nc2ccc(F)c(Cl)c2)n1. The van der Waals surface area contributed by atoms with E-state index < -0.39 is 5.82 Å². The number of aromatic nitrogens is 2. The van der Waals surface area contributed by atoms with Gasteiger partial charge in [-0.25, -0.2) is 9.37 Å². The summed E-state index contributed by atoms with van der Waals surface area (Å²) in [5.74, 6) is 0.830. The van der Waals surface area contributed by atoms with Crippen molar-refractivity contribution in [1.29, 1.82) is 0 Å². The molecule has 0 radical (unpaired) electrons. The summed E-state index contributed by atoms with van der Waals surface area (Å²) in [6.45, 7) is 5.58. The summed E-state index contributed by atoms with van der Waals surface area (Å²) in [6, 6.07) is 16.6. The molecule has 26 heavy (non-hydrogen) atoms. The highest BCUT2D eigenvalue weighted by atomic mass is 35.5. The Morgan fingerprint density at radius 3 is 2.54 bits per heavy atom. The predicted molar refractivity (Wildman–Crippen MR) is 105 cm³/mol. The van der Waals surface area contributed by atoms with Gasteiger partial charge in [-0.05, 0) is 37.6 Å². The average molecular weight is 371 g/mol. The highest BCUT2D eigenvalue weighted by Crippen LogP contribution is 2.23. The third-order valence-electron chi connectivity index (χ3n) is 3.94. The number of hydrogen-bond donors (Lipinski definition) is 1. The zero-order valence-corrected chi connectivity index (χ0v) is 15.5. The van der Waals surface area contributed by atoms with Crippen LogP contribution in [0.25, 0.3) is 0 Å². The summed E-state index contributed by atoms with van der Waals surface area (Å²) < 4.78 is 13.3. The molecule has 1 N–H and O–H groups in total. The lowest BCUT2D eigenvalue weighted by Gasteiger charge is -2.23. The van der Waals surface area contributed by atoms with Gasteiger partial charge in [0.25, 0.3) is 0 Å². The van der Waals surface area contributed by atoms with Crippen molar-refractivity contribution in [1.82, 2.24) is 9.97 Å². The fourth-order valence-corrected chi connectivity index (χ4v) is 2.81. The molecule has 4 nitrogen and oxygen atoms in total. The van der Waals surface area contributed by atoms with Crippen LogP contribution >= 0.6 is 11.6 Å². The summed E-state index contributed by atoms with van der Waals surface area (Å²) in [7, 11) is 0. The monoisotopic (exact) mass is 370 g/mol. The van der Waals surface area contributed by atoms with Gasteiger partial charge in [0.1, 0.15) is 11.6 Å². The number of rotatable bonds is 6. The number of nitrogens with zero attached hydrogens (tertiary/aromatic N) is 3. The van der Waals surface area contributed by atoms with Crippen molar-refractivity contribution in [2.24, 2.45) is 0 Å². The van der Waals surface area contributed by atoms with Crippen molar-refractivity contribution in [3.05, 3.63) is 76.7 Å². The first kappa shape index (κ1) is 18.1. The van der Waals surface area contributed by atoms with E-state index in [9.17, 15) is 4.39 Å². The van der Waals surface area contributed by atoms with E-state index >= 15 is 0 Å². The van der Waals surface area contributed by atoms with Crippen molar-refractivity contribution in [3.63, 3.8) is 0 Å². The van der Waals surface area contributed by atoms with Crippen molar-refractivity contribution in [3.8, 4) is 0 Å². The normalized spacial score (nSPS) is 10.6. The number of nitrogens with one attached hydrogen (secondary N) is 1. The zero-order valence-electron chi connectivity index (χ0n) is 14.7. The highest BCUT2D eigenvalue weighted by molar-refractivity contribution is 6.31. The smallest absolute Gasteiger partial charge is 0.229 e. The Hall–Kier alpha value is -2.66. The molecular formula is C20H20ClFN4. The van der Waals surface area contributed by atoms with Gasteiger partial charge in [-0.1, -0.05) is 41.9 Å². The maximum absolute atomic E-state index is 13.3. The van der Waals surface area contributed by atoms with Gasteiger partial charge in [-0.15, -0.1) is 0 Å². The van der Waals surface area contributed by atoms with E-state index in [1.807, 2.05) is 31.2 Å². The molecule has 1 aromatic heterocycles. The number of hydrogen-bond acceptors (Lipinski definition) is 4. The van der Waals surface area contributed by atoms with E-state index in [-0.39, 0.29) is 5.02 Å². The predicted octanol–water partition coefficient (Wildman–Crippen LogP) is 5.35. The Morgan fingerprint density at radius 2 is 1.85 bits per heavy atom. The molecule has 6 heteroatoms. The molecule has 1 heterocycles. The molecule has 0 spiro atoms. The Bertz CT molecular complexity index is 886. The quantitative estimate of drug-likeness (QED) is 0.635. The van der Waals surface area contributed by atoms with E-state index in [4.69, 9.17) is 11.6 Å². The molecule has 0 saturated carbocycles. The number of aryl methyl sites for hydroxylation is 1. The van der Waals surface area contributed by atoms with E-state index in [0.29, 0.717) is 11.6 Å². The van der Waals surface area contributed by atoms with Crippen molar-refractivity contribution in [2.75, 3.05) is 16.8 Å². The topological polar surface area (TPSA) is 41.1 Å². The number of anilines is 3. The van der Waals surface area contributed by atoms with Crippen LogP contribution in [0.2, 0.25) is 5.02 Å². The second-order valence-electron chi connectivity index (χ2n) is 5.94. The van der Waals surface area contributed by atoms with E-state index in [2.05, 4.69) is 39.2 Å². The lowest BCUT2D eigenvalue weighted by molar-refractivity contribution is 0.628. The maximum atomic E-state index is 13.3. The Balaban J connectivity index is 1.84. The van der Waals surface area contributed by atoms with Crippen LogP contribution in [0.4, 0.5) is 21.8 Å². The number of halogens is 2. The van der Waals surface area contributed by atoms with Crippen molar-refractivity contribution >= 4 is 29.1 Å².